The van der Waals surface area contributed by atoms with E-state index in [2.05, 4.69) is 25.5 Å². The monoisotopic (exact) mass is 415 g/mol. The zero-order valence-electron chi connectivity index (χ0n) is 15.7. The summed E-state index contributed by atoms with van der Waals surface area (Å²) in [5.74, 6) is -1.53. The summed E-state index contributed by atoms with van der Waals surface area (Å²) < 4.78 is 43.1. The van der Waals surface area contributed by atoms with Gasteiger partial charge in [0.15, 0.2) is 11.2 Å². The number of amides is 1. The molecule has 1 amide bonds. The molecule has 0 saturated heterocycles. The Morgan fingerprint density at radius 3 is 2.70 bits per heavy atom. The molecule has 154 valence electrons. The van der Waals surface area contributed by atoms with E-state index in [1.807, 2.05) is 0 Å². The molecule has 7 nitrogen and oxygen atoms in total. The highest BCUT2D eigenvalue weighted by molar-refractivity contribution is 5.92. The molecule has 0 aliphatic carbocycles. The fourth-order valence-electron chi connectivity index (χ4n) is 2.97. The van der Waals surface area contributed by atoms with Gasteiger partial charge >= 0.3 is 6.18 Å². The number of benzene rings is 1. The van der Waals surface area contributed by atoms with Crippen molar-refractivity contribution in [2.24, 2.45) is 5.92 Å². The maximum Gasteiger partial charge on any atom is 0.389 e. The van der Waals surface area contributed by atoms with E-state index in [9.17, 15) is 18.0 Å². The van der Waals surface area contributed by atoms with Crippen molar-refractivity contribution in [3.63, 3.8) is 0 Å². The van der Waals surface area contributed by atoms with Crippen LogP contribution >= 0.6 is 0 Å². The first-order chi connectivity index (χ1) is 14.3. The number of anilines is 1. The first kappa shape index (κ1) is 19.6. The van der Waals surface area contributed by atoms with Gasteiger partial charge in [0, 0.05) is 29.6 Å². The third kappa shape index (κ3) is 4.17. The third-order valence-corrected chi connectivity index (χ3v) is 4.45. The van der Waals surface area contributed by atoms with Crippen LogP contribution < -0.4 is 5.32 Å². The van der Waals surface area contributed by atoms with Gasteiger partial charge in [-0.25, -0.2) is 4.98 Å². The molecular formula is C20H16F3N5O2. The summed E-state index contributed by atoms with van der Waals surface area (Å²) >= 11 is 0. The Labute approximate surface area is 168 Å². The van der Waals surface area contributed by atoms with E-state index in [1.165, 1.54) is 6.92 Å². The van der Waals surface area contributed by atoms with Crippen LogP contribution in [0.2, 0.25) is 0 Å². The van der Waals surface area contributed by atoms with E-state index in [0.29, 0.717) is 39.6 Å². The zero-order valence-corrected chi connectivity index (χ0v) is 15.7. The number of pyridine rings is 1. The van der Waals surface area contributed by atoms with E-state index >= 15 is 0 Å². The second-order valence-corrected chi connectivity index (χ2v) is 6.78. The Morgan fingerprint density at radius 1 is 1.23 bits per heavy atom. The second kappa shape index (κ2) is 7.62. The Balaban J connectivity index is 1.53. The van der Waals surface area contributed by atoms with Gasteiger partial charge in [0.05, 0.1) is 12.0 Å². The van der Waals surface area contributed by atoms with E-state index in [0.717, 1.165) is 0 Å². The topological polar surface area (TPSA) is 96.7 Å². The van der Waals surface area contributed by atoms with E-state index < -0.39 is 24.4 Å². The number of oxazole rings is 1. The highest BCUT2D eigenvalue weighted by Crippen LogP contribution is 2.32. The van der Waals surface area contributed by atoms with Gasteiger partial charge < -0.3 is 9.73 Å². The third-order valence-electron chi connectivity index (χ3n) is 4.45. The number of aromatic nitrogens is 4. The van der Waals surface area contributed by atoms with Crippen molar-refractivity contribution in [1.29, 1.82) is 0 Å². The number of carbonyl (C=O) groups is 1. The molecule has 0 aliphatic rings. The lowest BCUT2D eigenvalue weighted by molar-refractivity contribution is -0.150. The predicted molar refractivity (Wildman–Crippen MR) is 103 cm³/mol. The van der Waals surface area contributed by atoms with Crippen molar-refractivity contribution in [2.75, 3.05) is 5.32 Å². The van der Waals surface area contributed by atoms with Crippen molar-refractivity contribution < 1.29 is 22.4 Å². The Kier molecular flexibility index (Phi) is 4.98. The minimum absolute atomic E-state index is 0.353. The number of fused-ring (bicyclic) bond motifs is 1. The Bertz CT molecular complexity index is 1150. The van der Waals surface area contributed by atoms with E-state index in [4.69, 9.17) is 4.42 Å². The minimum atomic E-state index is -4.39. The number of nitrogens with one attached hydrogen (secondary N) is 2. The number of carbonyl (C=O) groups excluding carboxylic acids is 1. The summed E-state index contributed by atoms with van der Waals surface area (Å²) in [5.41, 5.74) is 3.33. The predicted octanol–water partition coefficient (Wildman–Crippen LogP) is 4.81. The maximum absolute atomic E-state index is 12.5. The van der Waals surface area contributed by atoms with Crippen LogP contribution in [0.5, 0.6) is 0 Å². The lowest BCUT2D eigenvalue weighted by Gasteiger charge is -2.14. The fourth-order valence-corrected chi connectivity index (χ4v) is 2.97. The van der Waals surface area contributed by atoms with E-state index in [1.54, 1.807) is 48.8 Å². The summed E-state index contributed by atoms with van der Waals surface area (Å²) in [6.45, 7) is 1.24. The van der Waals surface area contributed by atoms with Crippen molar-refractivity contribution in [2.45, 2.75) is 19.5 Å². The molecule has 2 N–H and O–H groups in total. The van der Waals surface area contributed by atoms with Crippen LogP contribution in [0.1, 0.15) is 13.3 Å². The van der Waals surface area contributed by atoms with Crippen LogP contribution in [-0.4, -0.2) is 32.2 Å². The summed E-state index contributed by atoms with van der Waals surface area (Å²) in [6.07, 6.45) is -2.30. The minimum Gasteiger partial charge on any atom is -0.434 e. The standard InChI is InChI=1S/C20H16F3N5O2/c1-11(9-20(21,22)23)18(29)26-13-6-4-12(5-7-13)16-14(10-25-28-16)19-27-17-15(30-19)3-2-8-24-17/h2-8,10-11H,9H2,1H3,(H,25,28)(H,26,29). The number of hydrogen-bond donors (Lipinski definition) is 2. The van der Waals surface area contributed by atoms with Gasteiger partial charge in [-0.15, -0.1) is 0 Å². The molecule has 1 unspecified atom stereocenters. The summed E-state index contributed by atoms with van der Waals surface area (Å²) in [7, 11) is 0. The van der Waals surface area contributed by atoms with Crippen molar-refractivity contribution in [3.8, 4) is 22.7 Å². The molecule has 4 rings (SSSR count). The van der Waals surface area contributed by atoms with E-state index in [-0.39, 0.29) is 0 Å². The molecule has 0 bridgehead atoms. The summed E-state index contributed by atoms with van der Waals surface area (Å²) in [4.78, 5) is 20.5. The average Bonchev–Trinajstić information content (AvgIpc) is 3.34. The molecular weight excluding hydrogens is 399 g/mol. The van der Waals surface area contributed by atoms with Gasteiger partial charge in [-0.3, -0.25) is 9.89 Å². The maximum atomic E-state index is 12.5. The van der Waals surface area contributed by atoms with Crippen LogP contribution in [0, 0.1) is 5.92 Å². The van der Waals surface area contributed by atoms with Crippen LogP contribution in [0.15, 0.2) is 53.2 Å². The Hall–Kier alpha value is -3.69. The van der Waals surface area contributed by atoms with Gasteiger partial charge in [0.25, 0.3) is 0 Å². The molecule has 1 aromatic carbocycles. The molecule has 0 radical (unpaired) electrons. The highest BCUT2D eigenvalue weighted by Gasteiger charge is 2.32. The molecule has 0 saturated carbocycles. The number of aromatic amines is 1. The highest BCUT2D eigenvalue weighted by atomic mass is 19.4. The summed E-state index contributed by atoms with van der Waals surface area (Å²) in [6, 6.07) is 10.1. The molecule has 4 aromatic rings. The van der Waals surface area contributed by atoms with Gasteiger partial charge in [-0.2, -0.15) is 23.3 Å². The first-order valence-corrected chi connectivity index (χ1v) is 9.04. The number of rotatable bonds is 5. The van der Waals surface area contributed by atoms with Crippen LogP contribution in [0.4, 0.5) is 18.9 Å². The average molecular weight is 415 g/mol. The second-order valence-electron chi connectivity index (χ2n) is 6.78. The lowest BCUT2D eigenvalue weighted by Crippen LogP contribution is -2.25. The Morgan fingerprint density at radius 2 is 2.00 bits per heavy atom. The number of halogens is 3. The molecule has 0 spiro atoms. The molecule has 10 heteroatoms. The zero-order chi connectivity index (χ0) is 21.3. The molecule has 0 aliphatic heterocycles. The number of H-pyrrole nitrogens is 1. The lowest BCUT2D eigenvalue weighted by atomic mass is 10.1. The van der Waals surface area contributed by atoms with Crippen molar-refractivity contribution in [1.82, 2.24) is 20.2 Å². The van der Waals surface area contributed by atoms with Gasteiger partial charge in [0.2, 0.25) is 11.8 Å². The normalized spacial score (nSPS) is 12.8. The molecule has 3 aromatic heterocycles. The van der Waals surface area contributed by atoms with Crippen molar-refractivity contribution in [3.05, 3.63) is 48.8 Å². The SMILES string of the molecule is CC(CC(F)(F)F)C(=O)Nc1ccc(-c2n[nH]cc2-c2nc3ncccc3o2)cc1. The summed E-state index contributed by atoms with van der Waals surface area (Å²) in [5, 5.41) is 9.51. The first-order valence-electron chi connectivity index (χ1n) is 9.04. The van der Waals surface area contributed by atoms with Crippen LogP contribution in [0.25, 0.3) is 33.9 Å². The van der Waals surface area contributed by atoms with Crippen LogP contribution in [-0.2, 0) is 4.79 Å². The van der Waals surface area contributed by atoms with Crippen molar-refractivity contribution >= 4 is 22.8 Å². The van der Waals surface area contributed by atoms with Gasteiger partial charge in [-0.1, -0.05) is 19.1 Å². The largest absolute Gasteiger partial charge is 0.434 e. The molecule has 0 fully saturated rings. The number of nitrogens with zero attached hydrogens (tertiary/aromatic N) is 3. The fraction of sp³-hybridized carbons (Fsp3) is 0.200. The van der Waals surface area contributed by atoms with Gasteiger partial charge in [0.1, 0.15) is 5.69 Å². The molecule has 30 heavy (non-hydrogen) atoms. The van der Waals surface area contributed by atoms with Crippen LogP contribution in [0.3, 0.4) is 0 Å². The smallest absolute Gasteiger partial charge is 0.389 e. The quantitative estimate of drug-likeness (QED) is 0.488. The molecule has 3 heterocycles. The number of alkyl halides is 3. The molecule has 1 atom stereocenters. The van der Waals surface area contributed by atoms with Gasteiger partial charge in [-0.05, 0) is 24.3 Å². The number of hydrogen-bond acceptors (Lipinski definition) is 5.